The van der Waals surface area contributed by atoms with Crippen molar-refractivity contribution in [1.29, 1.82) is 0 Å². The average molecular weight is 367 g/mol. The second-order valence-electron chi connectivity index (χ2n) is 4.92. The highest BCUT2D eigenvalue weighted by Crippen LogP contribution is 2.31. The Labute approximate surface area is 148 Å². The zero-order valence-corrected chi connectivity index (χ0v) is 14.3. The van der Waals surface area contributed by atoms with Crippen LogP contribution in [0.4, 0.5) is 5.69 Å². The molecule has 1 aromatic heterocycles. The van der Waals surface area contributed by atoms with E-state index in [4.69, 9.17) is 33.3 Å². The number of rotatable bonds is 5. The molecule has 0 radical (unpaired) electrons. The zero-order chi connectivity index (χ0) is 17.7. The van der Waals surface area contributed by atoms with Crippen LogP contribution < -0.4 is 10.6 Å². The first-order chi connectivity index (χ1) is 11.4. The fourth-order valence-electron chi connectivity index (χ4n) is 1.97. The van der Waals surface area contributed by atoms with E-state index in [2.05, 4.69) is 10.6 Å². The molecule has 0 unspecified atom stereocenters. The molecule has 0 aliphatic rings. The van der Waals surface area contributed by atoms with Gasteiger partial charge in [-0.2, -0.15) is 0 Å². The second kappa shape index (κ2) is 7.94. The molecule has 0 aliphatic heterocycles. The van der Waals surface area contributed by atoms with Gasteiger partial charge in [-0.3, -0.25) is 4.79 Å². The van der Waals surface area contributed by atoms with Crippen molar-refractivity contribution in [1.82, 2.24) is 5.32 Å². The van der Waals surface area contributed by atoms with Gasteiger partial charge in [-0.1, -0.05) is 18.5 Å². The van der Waals surface area contributed by atoms with E-state index in [1.54, 1.807) is 18.2 Å². The second-order valence-corrected chi connectivity index (χ2v) is 5.73. The maximum Gasteiger partial charge on any atom is 0.371 e. The number of hydrogen-bond donors (Lipinski definition) is 3. The third kappa shape index (κ3) is 4.56. The van der Waals surface area contributed by atoms with Gasteiger partial charge in [-0.05, 0) is 49.0 Å². The number of hydrogen-bond acceptors (Lipinski definition) is 4. The largest absolute Gasteiger partial charge is 0.475 e. The van der Waals surface area contributed by atoms with E-state index in [1.807, 2.05) is 6.92 Å². The van der Waals surface area contributed by atoms with Crippen LogP contribution in [0.1, 0.15) is 30.3 Å². The van der Waals surface area contributed by atoms with Crippen molar-refractivity contribution in [3.63, 3.8) is 0 Å². The van der Waals surface area contributed by atoms with E-state index in [0.29, 0.717) is 28.5 Å². The molecule has 6 nitrogen and oxygen atoms in total. The van der Waals surface area contributed by atoms with Gasteiger partial charge in [0.1, 0.15) is 5.76 Å². The highest BCUT2D eigenvalue weighted by atomic mass is 35.5. The number of carboxylic acids is 1. The van der Waals surface area contributed by atoms with Gasteiger partial charge >= 0.3 is 5.97 Å². The van der Waals surface area contributed by atoms with Gasteiger partial charge in [0.25, 0.3) is 0 Å². The molecule has 0 aliphatic carbocycles. The van der Waals surface area contributed by atoms with Crippen LogP contribution in [0.2, 0.25) is 5.02 Å². The Morgan fingerprint density at radius 3 is 2.62 bits per heavy atom. The maximum absolute atomic E-state index is 11.5. The van der Waals surface area contributed by atoms with Crippen LogP contribution in [-0.4, -0.2) is 22.1 Å². The quantitative estimate of drug-likeness (QED) is 0.695. The molecule has 3 N–H and O–H groups in total. The highest BCUT2D eigenvalue weighted by molar-refractivity contribution is 7.80. The van der Waals surface area contributed by atoms with Crippen LogP contribution in [0.25, 0.3) is 11.3 Å². The Hall–Kier alpha value is -2.38. The first-order valence-corrected chi connectivity index (χ1v) is 7.93. The fraction of sp³-hybridized carbons (Fsp3) is 0.188. The Morgan fingerprint density at radius 1 is 1.29 bits per heavy atom. The van der Waals surface area contributed by atoms with E-state index in [-0.39, 0.29) is 16.8 Å². The predicted molar refractivity (Wildman–Crippen MR) is 95.4 cm³/mol. The van der Waals surface area contributed by atoms with Crippen LogP contribution in [0.5, 0.6) is 0 Å². The van der Waals surface area contributed by atoms with Gasteiger partial charge < -0.3 is 20.2 Å². The third-order valence-electron chi connectivity index (χ3n) is 3.04. The standard InChI is InChI=1S/C16H15ClN2O4S/c1-2-3-14(20)19-16(24)18-9-4-5-10(11(17)8-9)12-6-7-13(23-12)15(21)22/h4-8H,2-3H2,1H3,(H,21,22)(H2,18,19,20,24). The first-order valence-electron chi connectivity index (χ1n) is 7.14. The monoisotopic (exact) mass is 366 g/mol. The summed E-state index contributed by atoms with van der Waals surface area (Å²) in [6, 6.07) is 7.87. The van der Waals surface area contributed by atoms with Crippen molar-refractivity contribution in [2.45, 2.75) is 19.8 Å². The van der Waals surface area contributed by atoms with E-state index >= 15 is 0 Å². The molecule has 24 heavy (non-hydrogen) atoms. The summed E-state index contributed by atoms with van der Waals surface area (Å²) in [4.78, 5) is 22.3. The normalized spacial score (nSPS) is 10.2. The molecule has 1 aromatic carbocycles. The minimum absolute atomic E-state index is 0.158. The van der Waals surface area contributed by atoms with E-state index in [1.165, 1.54) is 12.1 Å². The van der Waals surface area contributed by atoms with Crippen LogP contribution in [0.15, 0.2) is 34.7 Å². The Kier molecular flexibility index (Phi) is 5.94. The Bertz CT molecular complexity index is 788. The van der Waals surface area contributed by atoms with Gasteiger partial charge in [-0.15, -0.1) is 0 Å². The average Bonchev–Trinajstić information content (AvgIpc) is 2.97. The lowest BCUT2D eigenvalue weighted by atomic mass is 10.1. The number of amides is 1. The molecule has 0 bridgehead atoms. The fourth-order valence-corrected chi connectivity index (χ4v) is 2.47. The number of benzene rings is 1. The van der Waals surface area contributed by atoms with Gasteiger partial charge in [-0.25, -0.2) is 4.79 Å². The van der Waals surface area contributed by atoms with Crippen molar-refractivity contribution in [2.24, 2.45) is 0 Å². The lowest BCUT2D eigenvalue weighted by Gasteiger charge is -2.10. The van der Waals surface area contributed by atoms with Crippen LogP contribution in [0.3, 0.4) is 0 Å². The van der Waals surface area contributed by atoms with Gasteiger partial charge in [0, 0.05) is 17.7 Å². The van der Waals surface area contributed by atoms with Gasteiger partial charge in [0.2, 0.25) is 11.7 Å². The molecule has 8 heteroatoms. The number of anilines is 1. The summed E-state index contributed by atoms with van der Waals surface area (Å²) >= 11 is 11.3. The molecule has 0 fully saturated rings. The molecular formula is C16H15ClN2O4S. The minimum atomic E-state index is -1.15. The molecule has 0 saturated heterocycles. The van der Waals surface area contributed by atoms with E-state index in [0.717, 1.165) is 6.42 Å². The van der Waals surface area contributed by atoms with Crippen LogP contribution in [-0.2, 0) is 4.79 Å². The smallest absolute Gasteiger partial charge is 0.371 e. The van der Waals surface area contributed by atoms with E-state index in [9.17, 15) is 9.59 Å². The number of halogens is 1. The summed E-state index contributed by atoms with van der Waals surface area (Å²) < 4.78 is 5.23. The van der Waals surface area contributed by atoms with Crippen molar-refractivity contribution >= 4 is 46.5 Å². The van der Waals surface area contributed by atoms with Crippen molar-refractivity contribution in [3.05, 3.63) is 41.1 Å². The van der Waals surface area contributed by atoms with Crippen LogP contribution >= 0.6 is 23.8 Å². The molecule has 0 spiro atoms. The molecule has 2 rings (SSSR count). The highest BCUT2D eigenvalue weighted by Gasteiger charge is 2.13. The predicted octanol–water partition coefficient (Wildman–Crippen LogP) is 3.91. The first kappa shape index (κ1) is 18.0. The molecule has 0 atom stereocenters. The Balaban J connectivity index is 2.10. The van der Waals surface area contributed by atoms with Crippen molar-refractivity contribution in [3.8, 4) is 11.3 Å². The molecule has 0 saturated carbocycles. The molecular weight excluding hydrogens is 352 g/mol. The van der Waals surface area contributed by atoms with Crippen molar-refractivity contribution < 1.29 is 19.1 Å². The lowest BCUT2D eigenvalue weighted by molar-refractivity contribution is -0.119. The molecule has 2 aromatic rings. The lowest BCUT2D eigenvalue weighted by Crippen LogP contribution is -2.33. The van der Waals surface area contributed by atoms with Crippen molar-refractivity contribution in [2.75, 3.05) is 5.32 Å². The number of furan rings is 1. The van der Waals surface area contributed by atoms with E-state index < -0.39 is 5.97 Å². The summed E-state index contributed by atoms with van der Waals surface area (Å²) in [6.45, 7) is 1.90. The van der Waals surface area contributed by atoms with Gasteiger partial charge in [0.15, 0.2) is 5.11 Å². The number of carboxylic acid groups (broad SMARTS) is 1. The SMILES string of the molecule is CCCC(=O)NC(=S)Nc1ccc(-c2ccc(C(=O)O)o2)c(Cl)c1. The topological polar surface area (TPSA) is 91.6 Å². The van der Waals surface area contributed by atoms with Gasteiger partial charge in [0.05, 0.1) is 5.02 Å². The summed E-state index contributed by atoms with van der Waals surface area (Å²) in [5.41, 5.74) is 1.14. The van der Waals surface area contributed by atoms with Crippen LogP contribution in [0, 0.1) is 0 Å². The number of thiocarbonyl (C=S) groups is 1. The zero-order valence-electron chi connectivity index (χ0n) is 12.8. The molecule has 1 amide bonds. The summed E-state index contributed by atoms with van der Waals surface area (Å²) in [7, 11) is 0. The third-order valence-corrected chi connectivity index (χ3v) is 3.56. The molecule has 1 heterocycles. The number of carbonyl (C=O) groups is 2. The number of carbonyl (C=O) groups excluding carboxylic acids is 1. The number of aromatic carboxylic acids is 1. The number of nitrogens with one attached hydrogen (secondary N) is 2. The summed E-state index contributed by atoms with van der Waals surface area (Å²) in [5.74, 6) is -1.12. The Morgan fingerprint density at radius 2 is 2.04 bits per heavy atom. The maximum atomic E-state index is 11.5. The summed E-state index contributed by atoms with van der Waals surface area (Å²) in [5, 5.41) is 14.9. The molecule has 126 valence electrons. The minimum Gasteiger partial charge on any atom is -0.475 e. The summed E-state index contributed by atoms with van der Waals surface area (Å²) in [6.07, 6.45) is 1.13.